The first-order chi connectivity index (χ1) is 11.8. The number of halogens is 1. The van der Waals surface area contributed by atoms with Crippen molar-refractivity contribution in [1.29, 1.82) is 0 Å². The minimum atomic E-state index is -4.02. The largest absolute Gasteiger partial charge is 0.493 e. The Labute approximate surface area is 151 Å². The van der Waals surface area contributed by atoms with Gasteiger partial charge in [0.25, 0.3) is 15.0 Å². The van der Waals surface area contributed by atoms with Crippen LogP contribution in [0.25, 0.3) is 0 Å². The van der Waals surface area contributed by atoms with Crippen molar-refractivity contribution < 1.29 is 22.7 Å². The Morgan fingerprint density at radius 3 is 2.16 bits per heavy atom. The zero-order chi connectivity index (χ0) is 18.6. The molecule has 0 atom stereocenters. The number of amides is 1. The minimum absolute atomic E-state index is 0.0334. The first-order valence-electron chi connectivity index (χ1n) is 7.30. The Kier molecular flexibility index (Phi) is 5.92. The molecule has 0 radical (unpaired) electrons. The number of methoxy groups -OCH3 is 2. The van der Waals surface area contributed by atoms with Crippen LogP contribution in [0.3, 0.4) is 0 Å². The van der Waals surface area contributed by atoms with Gasteiger partial charge >= 0.3 is 0 Å². The van der Waals surface area contributed by atoms with Gasteiger partial charge in [-0.25, -0.2) is 8.42 Å². The number of nitrogens with one attached hydrogen (secondary N) is 1. The van der Waals surface area contributed by atoms with Crippen molar-refractivity contribution in [2.24, 2.45) is 0 Å². The smallest absolute Gasteiger partial charge is 0.261 e. The third-order valence-electron chi connectivity index (χ3n) is 3.58. The minimum Gasteiger partial charge on any atom is -0.493 e. The second-order valence-corrected chi connectivity index (χ2v) is 7.84. The lowest BCUT2D eigenvalue weighted by molar-refractivity contribution is 0.0950. The first-order valence-corrected chi connectivity index (χ1v) is 9.61. The Morgan fingerprint density at radius 1 is 1.08 bits per heavy atom. The Balaban J connectivity index is 2.31. The molecule has 0 aliphatic heterocycles. The number of rotatable bonds is 6. The Hall–Kier alpha value is -2.25. The summed E-state index contributed by atoms with van der Waals surface area (Å²) in [6, 6.07) is 9.77. The van der Waals surface area contributed by atoms with Crippen LogP contribution in [0, 0.1) is 6.92 Å². The fourth-order valence-corrected chi connectivity index (χ4v) is 3.37. The number of carbonyl (C=O) groups excluding carboxylic acids is 1. The SMILES string of the molecule is COc1cc(CNC(=O)c2ccc(C)cc2)c(S(=O)(=O)Cl)cc1OC. The summed E-state index contributed by atoms with van der Waals surface area (Å²) in [6.07, 6.45) is 0. The van der Waals surface area contributed by atoms with Gasteiger partial charge in [0.15, 0.2) is 11.5 Å². The van der Waals surface area contributed by atoms with Crippen LogP contribution in [-0.2, 0) is 15.6 Å². The van der Waals surface area contributed by atoms with Crippen LogP contribution in [0.2, 0.25) is 0 Å². The first kappa shape index (κ1) is 19.1. The number of hydrogen-bond donors (Lipinski definition) is 1. The highest BCUT2D eigenvalue weighted by Gasteiger charge is 2.20. The summed E-state index contributed by atoms with van der Waals surface area (Å²) in [5, 5.41) is 2.68. The summed E-state index contributed by atoms with van der Waals surface area (Å²) in [4.78, 5) is 12.1. The molecule has 1 N–H and O–H groups in total. The van der Waals surface area contributed by atoms with Gasteiger partial charge in [0.05, 0.1) is 19.1 Å². The maximum Gasteiger partial charge on any atom is 0.261 e. The molecule has 2 rings (SSSR count). The van der Waals surface area contributed by atoms with Crippen molar-refractivity contribution in [3.05, 3.63) is 53.1 Å². The molecule has 0 fully saturated rings. The van der Waals surface area contributed by atoms with E-state index in [1.54, 1.807) is 12.1 Å². The van der Waals surface area contributed by atoms with E-state index >= 15 is 0 Å². The summed E-state index contributed by atoms with van der Waals surface area (Å²) in [6.45, 7) is 1.89. The van der Waals surface area contributed by atoms with Gasteiger partial charge in [0, 0.05) is 28.9 Å². The van der Waals surface area contributed by atoms with E-state index in [-0.39, 0.29) is 23.1 Å². The molecular formula is C17H18ClNO5S. The van der Waals surface area contributed by atoms with Gasteiger partial charge in [-0.2, -0.15) is 0 Å². The molecule has 0 aliphatic rings. The van der Waals surface area contributed by atoms with E-state index in [1.807, 2.05) is 19.1 Å². The molecule has 2 aromatic rings. The highest BCUT2D eigenvalue weighted by molar-refractivity contribution is 8.13. The van der Waals surface area contributed by atoms with Crippen molar-refractivity contribution in [2.45, 2.75) is 18.4 Å². The summed E-state index contributed by atoms with van der Waals surface area (Å²) < 4.78 is 33.9. The lowest BCUT2D eigenvalue weighted by atomic mass is 10.1. The summed E-state index contributed by atoms with van der Waals surface area (Å²) in [5.74, 6) is 0.245. The standard InChI is InChI=1S/C17H18ClNO5S/c1-11-4-6-12(7-5-11)17(20)19-10-13-8-14(23-2)15(24-3)9-16(13)25(18,21)22/h4-9H,10H2,1-3H3,(H,19,20). The number of hydrogen-bond acceptors (Lipinski definition) is 5. The molecule has 0 aliphatic carbocycles. The molecule has 0 saturated carbocycles. The van der Waals surface area contributed by atoms with Crippen LogP contribution >= 0.6 is 10.7 Å². The zero-order valence-electron chi connectivity index (χ0n) is 14.0. The van der Waals surface area contributed by atoms with Gasteiger partial charge in [-0.1, -0.05) is 17.7 Å². The molecule has 0 spiro atoms. The highest BCUT2D eigenvalue weighted by atomic mass is 35.7. The predicted octanol–water partition coefficient (Wildman–Crippen LogP) is 2.87. The van der Waals surface area contributed by atoms with Crippen molar-refractivity contribution in [3.8, 4) is 11.5 Å². The van der Waals surface area contributed by atoms with Crippen molar-refractivity contribution >= 4 is 25.6 Å². The maximum absolute atomic E-state index is 12.2. The van der Waals surface area contributed by atoms with Crippen LogP contribution in [0.5, 0.6) is 11.5 Å². The van der Waals surface area contributed by atoms with Gasteiger partial charge in [-0.05, 0) is 30.7 Å². The number of ether oxygens (including phenoxy) is 2. The van der Waals surface area contributed by atoms with E-state index in [1.165, 1.54) is 26.4 Å². The van der Waals surface area contributed by atoms with Gasteiger partial charge in [0.1, 0.15) is 0 Å². The van der Waals surface area contributed by atoms with Crippen molar-refractivity contribution in [2.75, 3.05) is 14.2 Å². The summed E-state index contributed by atoms with van der Waals surface area (Å²) in [7, 11) is 4.30. The van der Waals surface area contributed by atoms with Crippen molar-refractivity contribution in [3.63, 3.8) is 0 Å². The molecule has 6 nitrogen and oxygen atoms in total. The average Bonchev–Trinajstić information content (AvgIpc) is 2.58. The van der Waals surface area contributed by atoms with Crippen LogP contribution in [-0.4, -0.2) is 28.5 Å². The number of benzene rings is 2. The normalized spacial score (nSPS) is 11.0. The fourth-order valence-electron chi connectivity index (χ4n) is 2.25. The van der Waals surface area contributed by atoms with E-state index < -0.39 is 9.05 Å². The Morgan fingerprint density at radius 2 is 1.64 bits per heavy atom. The topological polar surface area (TPSA) is 81.7 Å². The summed E-state index contributed by atoms with van der Waals surface area (Å²) in [5.41, 5.74) is 1.81. The molecule has 2 aromatic carbocycles. The predicted molar refractivity (Wildman–Crippen MR) is 94.9 cm³/mol. The molecule has 0 bridgehead atoms. The van der Waals surface area contributed by atoms with Crippen LogP contribution < -0.4 is 14.8 Å². The van der Waals surface area contributed by atoms with Gasteiger partial charge in [-0.15, -0.1) is 0 Å². The number of aryl methyl sites for hydroxylation is 1. The van der Waals surface area contributed by atoms with Crippen LogP contribution in [0.15, 0.2) is 41.3 Å². The lowest BCUT2D eigenvalue weighted by Gasteiger charge is -2.14. The quantitative estimate of drug-likeness (QED) is 0.775. The monoisotopic (exact) mass is 383 g/mol. The number of carbonyl (C=O) groups is 1. The molecule has 0 saturated heterocycles. The van der Waals surface area contributed by atoms with E-state index in [4.69, 9.17) is 20.2 Å². The molecular weight excluding hydrogens is 366 g/mol. The second kappa shape index (κ2) is 7.76. The molecule has 134 valence electrons. The van der Waals surface area contributed by atoms with E-state index in [2.05, 4.69) is 5.32 Å². The van der Waals surface area contributed by atoms with Gasteiger partial charge in [0.2, 0.25) is 0 Å². The van der Waals surface area contributed by atoms with E-state index in [9.17, 15) is 13.2 Å². The Bertz CT molecular complexity index is 879. The summed E-state index contributed by atoms with van der Waals surface area (Å²) >= 11 is 0. The third kappa shape index (κ3) is 4.64. The van der Waals surface area contributed by atoms with Gasteiger partial charge in [-0.3, -0.25) is 4.79 Å². The second-order valence-electron chi connectivity index (χ2n) is 5.30. The fraction of sp³-hybridized carbons (Fsp3) is 0.235. The van der Waals surface area contributed by atoms with Gasteiger partial charge < -0.3 is 14.8 Å². The average molecular weight is 384 g/mol. The van der Waals surface area contributed by atoms with E-state index in [0.717, 1.165) is 5.56 Å². The maximum atomic E-state index is 12.2. The van der Waals surface area contributed by atoms with Crippen molar-refractivity contribution in [1.82, 2.24) is 5.32 Å². The third-order valence-corrected chi connectivity index (χ3v) is 4.99. The molecule has 8 heteroatoms. The highest BCUT2D eigenvalue weighted by Crippen LogP contribution is 2.34. The molecule has 25 heavy (non-hydrogen) atoms. The van der Waals surface area contributed by atoms with Crippen LogP contribution in [0.4, 0.5) is 0 Å². The van der Waals surface area contributed by atoms with Crippen LogP contribution in [0.1, 0.15) is 21.5 Å². The molecule has 0 aromatic heterocycles. The zero-order valence-corrected chi connectivity index (χ0v) is 15.6. The molecule has 0 unspecified atom stereocenters. The molecule has 1 amide bonds. The van der Waals surface area contributed by atoms with E-state index in [0.29, 0.717) is 16.9 Å². The molecule has 0 heterocycles. The lowest BCUT2D eigenvalue weighted by Crippen LogP contribution is -2.23.